The van der Waals surface area contributed by atoms with Gasteiger partial charge in [-0.2, -0.15) is 0 Å². The van der Waals surface area contributed by atoms with Crippen LogP contribution >= 0.6 is 0 Å². The zero-order valence-electron chi connectivity index (χ0n) is 7.92. The molecule has 13 heavy (non-hydrogen) atoms. The summed E-state index contributed by atoms with van der Waals surface area (Å²) in [4.78, 5) is 0. The van der Waals surface area contributed by atoms with Crippen molar-refractivity contribution in [3.63, 3.8) is 0 Å². The van der Waals surface area contributed by atoms with Crippen LogP contribution in [0, 0.1) is 0 Å². The highest BCUT2D eigenvalue weighted by Crippen LogP contribution is 2.22. The Labute approximate surface area is 79.0 Å². The van der Waals surface area contributed by atoms with E-state index in [2.05, 4.69) is 25.1 Å². The second-order valence-corrected chi connectivity index (χ2v) is 3.46. The van der Waals surface area contributed by atoms with Crippen LogP contribution in [0.15, 0.2) is 35.9 Å². The van der Waals surface area contributed by atoms with E-state index in [9.17, 15) is 0 Å². The average Bonchev–Trinajstić information content (AvgIpc) is 2.13. The van der Waals surface area contributed by atoms with Crippen LogP contribution in [0.3, 0.4) is 0 Å². The zero-order chi connectivity index (χ0) is 9.10. The third-order valence-corrected chi connectivity index (χ3v) is 2.40. The Morgan fingerprint density at radius 1 is 1.23 bits per heavy atom. The Morgan fingerprint density at radius 3 is 3.00 bits per heavy atom. The van der Waals surface area contributed by atoms with Gasteiger partial charge in [-0.1, -0.05) is 29.8 Å². The first-order valence-electron chi connectivity index (χ1n) is 4.72. The van der Waals surface area contributed by atoms with E-state index in [0.29, 0.717) is 0 Å². The standard InChI is InChI=1S/C12H14O/c1-10-6-7-11-4-2-3-5-12(11)13-9-8-10/h2-6H,7-9H2,1H3. The molecule has 0 bridgehead atoms. The highest BCUT2D eigenvalue weighted by Gasteiger charge is 2.04. The number of hydrogen-bond acceptors (Lipinski definition) is 1. The summed E-state index contributed by atoms with van der Waals surface area (Å²) in [5.41, 5.74) is 2.72. The van der Waals surface area contributed by atoms with Gasteiger partial charge in [-0.3, -0.25) is 0 Å². The summed E-state index contributed by atoms with van der Waals surface area (Å²) >= 11 is 0. The molecular weight excluding hydrogens is 160 g/mol. The van der Waals surface area contributed by atoms with Gasteiger partial charge in [0.1, 0.15) is 5.75 Å². The van der Waals surface area contributed by atoms with E-state index in [-0.39, 0.29) is 0 Å². The number of benzene rings is 1. The quantitative estimate of drug-likeness (QED) is 0.549. The summed E-state index contributed by atoms with van der Waals surface area (Å²) in [5.74, 6) is 1.05. The van der Waals surface area contributed by atoms with Crippen LogP contribution < -0.4 is 4.74 Å². The second kappa shape index (κ2) is 3.65. The molecule has 0 saturated carbocycles. The predicted octanol–water partition coefficient (Wildman–Crippen LogP) is 2.96. The smallest absolute Gasteiger partial charge is 0.122 e. The fourth-order valence-electron chi connectivity index (χ4n) is 1.52. The molecule has 0 spiro atoms. The molecule has 0 saturated heterocycles. The fourth-order valence-corrected chi connectivity index (χ4v) is 1.52. The summed E-state index contributed by atoms with van der Waals surface area (Å²) in [6.45, 7) is 2.97. The second-order valence-electron chi connectivity index (χ2n) is 3.46. The van der Waals surface area contributed by atoms with Crippen molar-refractivity contribution in [1.82, 2.24) is 0 Å². The fraction of sp³-hybridized carbons (Fsp3) is 0.333. The third kappa shape index (κ3) is 1.92. The molecule has 1 aromatic carbocycles. The highest BCUT2D eigenvalue weighted by molar-refractivity contribution is 5.35. The summed E-state index contributed by atoms with van der Waals surface area (Å²) < 4.78 is 5.66. The summed E-state index contributed by atoms with van der Waals surface area (Å²) in [5, 5.41) is 0. The van der Waals surface area contributed by atoms with Crippen LogP contribution in [0.25, 0.3) is 0 Å². The maximum Gasteiger partial charge on any atom is 0.122 e. The van der Waals surface area contributed by atoms with Crippen LogP contribution in [-0.2, 0) is 6.42 Å². The molecule has 1 nitrogen and oxygen atoms in total. The molecule has 2 rings (SSSR count). The Bertz CT molecular complexity index is 326. The Morgan fingerprint density at radius 2 is 2.08 bits per heavy atom. The lowest BCUT2D eigenvalue weighted by molar-refractivity contribution is 0.316. The summed E-state index contributed by atoms with van der Waals surface area (Å²) in [6, 6.07) is 8.26. The van der Waals surface area contributed by atoms with Gasteiger partial charge in [-0.05, 0) is 25.0 Å². The molecule has 1 aromatic rings. The molecule has 68 valence electrons. The lowest BCUT2D eigenvalue weighted by atomic mass is 10.1. The van der Waals surface area contributed by atoms with Gasteiger partial charge in [0.2, 0.25) is 0 Å². The first kappa shape index (κ1) is 8.36. The van der Waals surface area contributed by atoms with Crippen LogP contribution in [0.4, 0.5) is 0 Å². The summed E-state index contributed by atoms with van der Waals surface area (Å²) in [6.07, 6.45) is 4.34. The molecule has 0 unspecified atom stereocenters. The molecule has 0 aromatic heterocycles. The van der Waals surface area contributed by atoms with Gasteiger partial charge in [0.05, 0.1) is 6.61 Å². The summed E-state index contributed by atoms with van der Waals surface area (Å²) in [7, 11) is 0. The normalized spacial score (nSPS) is 16.2. The maximum atomic E-state index is 5.66. The van der Waals surface area contributed by atoms with Gasteiger partial charge in [0.25, 0.3) is 0 Å². The lowest BCUT2D eigenvalue weighted by Crippen LogP contribution is -2.03. The number of hydrogen-bond donors (Lipinski definition) is 0. The molecule has 0 aliphatic carbocycles. The van der Waals surface area contributed by atoms with Gasteiger partial charge in [-0.25, -0.2) is 0 Å². The first-order valence-corrected chi connectivity index (χ1v) is 4.72. The Kier molecular flexibility index (Phi) is 2.35. The molecule has 0 fully saturated rings. The first-order chi connectivity index (χ1) is 6.36. The van der Waals surface area contributed by atoms with E-state index < -0.39 is 0 Å². The molecular formula is C12H14O. The lowest BCUT2D eigenvalue weighted by Gasteiger charge is -2.13. The average molecular weight is 174 g/mol. The van der Waals surface area contributed by atoms with E-state index in [0.717, 1.165) is 25.2 Å². The molecule has 1 aliphatic rings. The highest BCUT2D eigenvalue weighted by atomic mass is 16.5. The predicted molar refractivity (Wildman–Crippen MR) is 54.0 cm³/mol. The maximum absolute atomic E-state index is 5.66. The van der Waals surface area contributed by atoms with Crippen LogP contribution in [0.1, 0.15) is 18.9 Å². The van der Waals surface area contributed by atoms with Gasteiger partial charge in [0.15, 0.2) is 0 Å². The number of allylic oxidation sites excluding steroid dienone is 1. The number of ether oxygens (including phenoxy) is 1. The minimum atomic E-state index is 0.805. The number of fused-ring (bicyclic) bond motifs is 1. The minimum absolute atomic E-state index is 0.805. The van der Waals surface area contributed by atoms with Crippen molar-refractivity contribution < 1.29 is 4.74 Å². The van der Waals surface area contributed by atoms with E-state index in [1.807, 2.05) is 12.1 Å². The van der Waals surface area contributed by atoms with Crippen molar-refractivity contribution in [2.45, 2.75) is 19.8 Å². The largest absolute Gasteiger partial charge is 0.493 e. The van der Waals surface area contributed by atoms with Crippen LogP contribution in [0.2, 0.25) is 0 Å². The SMILES string of the molecule is CC1=CCc2ccccc2OCC1. The van der Waals surface area contributed by atoms with Gasteiger partial charge >= 0.3 is 0 Å². The van der Waals surface area contributed by atoms with Gasteiger partial charge in [-0.15, -0.1) is 0 Å². The van der Waals surface area contributed by atoms with Crippen molar-refractivity contribution in [1.29, 1.82) is 0 Å². The molecule has 0 amide bonds. The molecule has 1 heteroatoms. The van der Waals surface area contributed by atoms with Crippen molar-refractivity contribution in [3.05, 3.63) is 41.5 Å². The minimum Gasteiger partial charge on any atom is -0.493 e. The topological polar surface area (TPSA) is 9.23 Å². The molecule has 1 heterocycles. The zero-order valence-corrected chi connectivity index (χ0v) is 7.92. The van der Waals surface area contributed by atoms with Crippen molar-refractivity contribution in [3.8, 4) is 5.75 Å². The molecule has 0 atom stereocenters. The number of para-hydroxylation sites is 1. The van der Waals surface area contributed by atoms with E-state index >= 15 is 0 Å². The molecule has 1 aliphatic heterocycles. The van der Waals surface area contributed by atoms with Gasteiger partial charge in [0, 0.05) is 6.42 Å². The Balaban J connectivity index is 2.31. The number of rotatable bonds is 0. The Hall–Kier alpha value is -1.24. The third-order valence-electron chi connectivity index (χ3n) is 2.40. The van der Waals surface area contributed by atoms with E-state index in [1.165, 1.54) is 11.1 Å². The monoisotopic (exact) mass is 174 g/mol. The van der Waals surface area contributed by atoms with Crippen molar-refractivity contribution in [2.24, 2.45) is 0 Å². The van der Waals surface area contributed by atoms with E-state index in [1.54, 1.807) is 0 Å². The van der Waals surface area contributed by atoms with Crippen molar-refractivity contribution >= 4 is 0 Å². The van der Waals surface area contributed by atoms with Crippen LogP contribution in [0.5, 0.6) is 5.75 Å². The van der Waals surface area contributed by atoms with Crippen molar-refractivity contribution in [2.75, 3.05) is 6.61 Å². The van der Waals surface area contributed by atoms with Gasteiger partial charge < -0.3 is 4.74 Å². The molecule has 0 N–H and O–H groups in total. The van der Waals surface area contributed by atoms with E-state index in [4.69, 9.17) is 4.74 Å². The van der Waals surface area contributed by atoms with Crippen LogP contribution in [-0.4, -0.2) is 6.61 Å². The molecule has 0 radical (unpaired) electrons.